The quantitative estimate of drug-likeness (QED) is 0.0692. The lowest BCUT2D eigenvalue weighted by molar-refractivity contribution is -0.142. The third-order valence-electron chi connectivity index (χ3n) is 14.8. The molecule has 2 heterocycles. The third kappa shape index (κ3) is 13.4. The Hall–Kier alpha value is -5.68. The lowest BCUT2D eigenvalue weighted by Crippen LogP contribution is -2.56. The van der Waals surface area contributed by atoms with Gasteiger partial charge in [-0.3, -0.25) is 28.8 Å². The summed E-state index contributed by atoms with van der Waals surface area (Å²) in [5.41, 5.74) is 6.90. The maximum absolute atomic E-state index is 14.2. The predicted octanol–water partition coefficient (Wildman–Crippen LogP) is 3.20. The van der Waals surface area contributed by atoms with Crippen LogP contribution in [0.3, 0.4) is 0 Å². The summed E-state index contributed by atoms with van der Waals surface area (Å²) in [6.45, 7) is 6.42. The van der Waals surface area contributed by atoms with Crippen molar-refractivity contribution in [2.24, 2.45) is 0 Å². The smallest absolute Gasteiger partial charge is 0.245 e. The molecule has 0 unspecified atom stereocenters. The molecule has 8 atom stereocenters. The Morgan fingerprint density at radius 2 is 0.943 bits per heavy atom. The van der Waals surface area contributed by atoms with Crippen LogP contribution in [-0.4, -0.2) is 122 Å². The van der Waals surface area contributed by atoms with Gasteiger partial charge in [-0.1, -0.05) is 72.8 Å². The number of nitrogens with zero attached hydrogens (tertiary/aromatic N) is 2. The van der Waals surface area contributed by atoms with Crippen LogP contribution in [0, 0.1) is 0 Å². The number of carbonyl (C=O) groups is 6. The number of rotatable bonds is 22. The minimum Gasteiger partial charge on any atom is -0.347 e. The molecule has 3 aromatic rings. The molecule has 0 aromatic heterocycles. The van der Waals surface area contributed by atoms with Crippen molar-refractivity contribution < 1.29 is 28.8 Å². The van der Waals surface area contributed by atoms with Crippen LogP contribution in [0.5, 0.6) is 0 Å². The van der Waals surface area contributed by atoms with Crippen LogP contribution in [-0.2, 0) is 54.7 Å². The summed E-state index contributed by atoms with van der Waals surface area (Å²) in [4.78, 5) is 85.4. The van der Waals surface area contributed by atoms with Gasteiger partial charge in [-0.15, -0.1) is 0 Å². The summed E-state index contributed by atoms with van der Waals surface area (Å²) in [5.74, 6) is -1.33. The molecule has 8 N–H and O–H groups in total. The minimum absolute atomic E-state index is 0.0820. The van der Waals surface area contributed by atoms with Crippen LogP contribution < -0.4 is 42.5 Å². The number of benzene rings is 3. The third-order valence-corrected chi connectivity index (χ3v) is 14.8. The zero-order chi connectivity index (χ0) is 49.6. The van der Waals surface area contributed by atoms with Gasteiger partial charge in [0.15, 0.2) is 0 Å². The molecule has 0 bridgehead atoms. The summed E-state index contributed by atoms with van der Waals surface area (Å²) in [6.07, 6.45) is 8.99. The largest absolute Gasteiger partial charge is 0.347 e. The highest BCUT2D eigenvalue weighted by Gasteiger charge is 2.40. The Labute approximate surface area is 414 Å². The molecule has 0 saturated carbocycles. The lowest BCUT2D eigenvalue weighted by atomic mass is 9.87. The van der Waals surface area contributed by atoms with Crippen molar-refractivity contribution in [3.05, 3.63) is 106 Å². The van der Waals surface area contributed by atoms with Crippen molar-refractivity contribution in [3.63, 3.8) is 0 Å². The number of likely N-dealkylation sites (tertiary alicyclic amines) is 2. The normalized spacial score (nSPS) is 21.4. The van der Waals surface area contributed by atoms with Gasteiger partial charge in [0, 0.05) is 26.2 Å². The first-order valence-corrected chi connectivity index (χ1v) is 25.8. The summed E-state index contributed by atoms with van der Waals surface area (Å²) >= 11 is 0. The van der Waals surface area contributed by atoms with E-state index in [0.717, 1.165) is 60.8 Å². The summed E-state index contributed by atoms with van der Waals surface area (Å²) in [6, 6.07) is 20.7. The second kappa shape index (κ2) is 25.4. The van der Waals surface area contributed by atoms with E-state index in [9.17, 15) is 28.8 Å². The van der Waals surface area contributed by atoms with Crippen molar-refractivity contribution in [1.29, 1.82) is 0 Å². The van der Waals surface area contributed by atoms with E-state index in [0.29, 0.717) is 77.8 Å². The van der Waals surface area contributed by atoms with E-state index in [1.807, 2.05) is 48.5 Å². The van der Waals surface area contributed by atoms with Gasteiger partial charge in [0.25, 0.3) is 0 Å². The van der Waals surface area contributed by atoms with E-state index in [1.165, 1.54) is 11.1 Å². The Bertz CT molecular complexity index is 2120. The van der Waals surface area contributed by atoms with Crippen molar-refractivity contribution in [3.8, 4) is 0 Å². The molecule has 2 aliphatic heterocycles. The first kappa shape index (κ1) is 52.2. The van der Waals surface area contributed by atoms with Crippen LogP contribution in [0.15, 0.2) is 72.8 Å². The molecule has 0 radical (unpaired) electrons. The Balaban J connectivity index is 0.885. The maximum Gasteiger partial charge on any atom is 0.245 e. The number of carbonyl (C=O) groups excluding carboxylic acids is 6. The van der Waals surface area contributed by atoms with Gasteiger partial charge in [0.1, 0.15) is 24.2 Å². The minimum atomic E-state index is -0.802. The highest BCUT2D eigenvalue weighted by Crippen LogP contribution is 2.32. The fourth-order valence-electron chi connectivity index (χ4n) is 10.5. The van der Waals surface area contributed by atoms with Gasteiger partial charge in [-0.2, -0.15) is 0 Å². The second-order valence-corrected chi connectivity index (χ2v) is 19.6. The molecular formula is C54H76N10O6. The molecule has 16 nitrogen and oxygen atoms in total. The monoisotopic (exact) mass is 961 g/mol. The van der Waals surface area contributed by atoms with Crippen molar-refractivity contribution in [2.75, 3.05) is 40.3 Å². The highest BCUT2D eigenvalue weighted by molar-refractivity contribution is 5.94. The molecule has 2 saturated heterocycles. The van der Waals surface area contributed by atoms with Crippen molar-refractivity contribution >= 4 is 35.4 Å². The van der Waals surface area contributed by atoms with Gasteiger partial charge in [-0.05, 0) is 151 Å². The van der Waals surface area contributed by atoms with E-state index < -0.39 is 36.3 Å². The van der Waals surface area contributed by atoms with Gasteiger partial charge in [0.2, 0.25) is 35.4 Å². The molecule has 6 amide bonds. The van der Waals surface area contributed by atoms with Crippen LogP contribution in [0.25, 0.3) is 0 Å². The standard InChI is InChI=1S/C54H76N10O6/c1-35(55-3)49(65)61-45(53(69)63-31-11-21-47(63)51(67)59-43-19-9-15-39-13-5-7-17-41(39)43)27-29-57-33-37-23-25-38(26-24-37)34-58-30-28-46(62-50(66)36(2)56-4)54(70)64-32-12-22-48(64)52(68)60-44-20-10-16-40-14-6-8-18-42(40)44/h5-8,13-14,17-18,23-26,35-36,43-48,55-58H,9-12,15-16,19-22,27-34H2,1-4H3,(H,59,67)(H,60,68)(H,61,65)(H,62,66)/t35-,36-,43+,44+,45-,46-,47-,48-/m0/s1. The highest BCUT2D eigenvalue weighted by atomic mass is 16.2. The number of fused-ring (bicyclic) bond motifs is 2. The van der Waals surface area contributed by atoms with Gasteiger partial charge < -0.3 is 52.3 Å². The molecule has 70 heavy (non-hydrogen) atoms. The Morgan fingerprint density at radius 3 is 1.34 bits per heavy atom. The van der Waals surface area contributed by atoms with Gasteiger partial charge in [0.05, 0.1) is 24.2 Å². The molecule has 0 spiro atoms. The average molecular weight is 961 g/mol. The summed E-state index contributed by atoms with van der Waals surface area (Å²) in [5, 5.41) is 25.2. The summed E-state index contributed by atoms with van der Waals surface area (Å²) in [7, 11) is 3.40. The molecule has 3 aromatic carbocycles. The van der Waals surface area contributed by atoms with Crippen LogP contribution in [0.2, 0.25) is 0 Å². The van der Waals surface area contributed by atoms with E-state index >= 15 is 0 Å². The van der Waals surface area contributed by atoms with Crippen LogP contribution in [0.1, 0.15) is 124 Å². The molecule has 4 aliphatic rings. The van der Waals surface area contributed by atoms with E-state index in [2.05, 4.69) is 66.8 Å². The van der Waals surface area contributed by atoms with Crippen molar-refractivity contribution in [1.82, 2.24) is 52.3 Å². The number of amides is 6. The SMILES string of the molecule is CN[C@@H](C)C(=O)N[C@@H](CCNCc1ccc(CNCC[C@H](NC(=O)[C@H](C)NC)C(=O)N2CCC[C@H]2C(=O)N[C@@H]2CCCc3ccccc32)cc1)C(=O)N1CCC[C@H]1C(=O)N[C@@H]1CCCc2ccccc21. The number of nitrogens with one attached hydrogen (secondary N) is 8. The molecule has 7 rings (SSSR count). The second-order valence-electron chi connectivity index (χ2n) is 19.6. The number of aryl methyl sites for hydroxylation is 2. The van der Waals surface area contributed by atoms with Gasteiger partial charge >= 0.3 is 0 Å². The topological polar surface area (TPSA) is 205 Å². The average Bonchev–Trinajstić information content (AvgIpc) is 4.09. The maximum atomic E-state index is 14.2. The molecule has 16 heteroatoms. The molecule has 2 fully saturated rings. The molecular weight excluding hydrogens is 885 g/mol. The Kier molecular flexibility index (Phi) is 19.0. The van der Waals surface area contributed by atoms with E-state index in [-0.39, 0.29) is 47.5 Å². The van der Waals surface area contributed by atoms with E-state index in [1.54, 1.807) is 37.7 Å². The number of hydrogen-bond donors (Lipinski definition) is 8. The fraction of sp³-hybridized carbons (Fsp3) is 0.556. The Morgan fingerprint density at radius 1 is 0.543 bits per heavy atom. The summed E-state index contributed by atoms with van der Waals surface area (Å²) < 4.78 is 0. The number of likely N-dealkylation sites (N-methyl/N-ethyl adjacent to an activating group) is 2. The zero-order valence-corrected chi connectivity index (χ0v) is 41.6. The molecule has 378 valence electrons. The predicted molar refractivity (Wildman–Crippen MR) is 270 cm³/mol. The van der Waals surface area contributed by atoms with E-state index in [4.69, 9.17) is 0 Å². The first-order chi connectivity index (χ1) is 33.9. The van der Waals surface area contributed by atoms with Crippen molar-refractivity contribution in [2.45, 2.75) is 152 Å². The number of hydrogen-bond acceptors (Lipinski definition) is 10. The lowest BCUT2D eigenvalue weighted by Gasteiger charge is -2.32. The zero-order valence-electron chi connectivity index (χ0n) is 41.6. The fourth-order valence-corrected chi connectivity index (χ4v) is 10.5. The van der Waals surface area contributed by atoms with Gasteiger partial charge in [-0.25, -0.2) is 0 Å². The van der Waals surface area contributed by atoms with Crippen LogP contribution >= 0.6 is 0 Å². The first-order valence-electron chi connectivity index (χ1n) is 25.8. The van der Waals surface area contributed by atoms with Crippen LogP contribution in [0.4, 0.5) is 0 Å². The molecule has 2 aliphatic carbocycles.